The van der Waals surface area contributed by atoms with Gasteiger partial charge in [-0.25, -0.2) is 4.39 Å². The third kappa shape index (κ3) is 2.82. The Balaban J connectivity index is 2.28. The van der Waals surface area contributed by atoms with E-state index in [2.05, 4.69) is 23.8 Å². The van der Waals surface area contributed by atoms with Gasteiger partial charge in [0.25, 0.3) is 0 Å². The third-order valence-corrected chi connectivity index (χ3v) is 3.72. The summed E-state index contributed by atoms with van der Waals surface area (Å²) in [7, 11) is 2.13. The molecule has 1 saturated heterocycles. The number of nitrogens with zero attached hydrogens (tertiary/aromatic N) is 2. The maximum absolute atomic E-state index is 13.0. The number of likely N-dealkylation sites (N-methyl/N-ethyl adjacent to an activating group) is 1. The lowest BCUT2D eigenvalue weighted by atomic mass is 10.1. The maximum atomic E-state index is 13.0. The standard InChI is InChI=1S/C14H22FN3/c1-11-7-8-17(2)10-14(9-16)18(11)13-5-3-12(15)4-6-13/h3-6,11,14H,7-10,16H2,1-2H3. The van der Waals surface area contributed by atoms with Gasteiger partial charge in [0.1, 0.15) is 5.82 Å². The van der Waals surface area contributed by atoms with Crippen molar-refractivity contribution in [3.63, 3.8) is 0 Å². The summed E-state index contributed by atoms with van der Waals surface area (Å²) in [6, 6.07) is 7.44. The lowest BCUT2D eigenvalue weighted by molar-refractivity contribution is 0.332. The topological polar surface area (TPSA) is 32.5 Å². The van der Waals surface area contributed by atoms with Crippen LogP contribution in [-0.2, 0) is 0 Å². The first-order chi connectivity index (χ1) is 8.61. The molecule has 0 amide bonds. The van der Waals surface area contributed by atoms with Crippen molar-refractivity contribution in [2.75, 3.05) is 31.6 Å². The predicted octanol–water partition coefficient (Wildman–Crippen LogP) is 1.68. The SMILES string of the molecule is CC1CCN(C)CC(CN)N1c1ccc(F)cc1. The maximum Gasteiger partial charge on any atom is 0.123 e. The Labute approximate surface area is 108 Å². The van der Waals surface area contributed by atoms with Crippen molar-refractivity contribution in [2.24, 2.45) is 5.73 Å². The molecule has 1 heterocycles. The zero-order chi connectivity index (χ0) is 13.1. The zero-order valence-electron chi connectivity index (χ0n) is 11.1. The van der Waals surface area contributed by atoms with Crippen molar-refractivity contribution < 1.29 is 4.39 Å². The molecule has 2 rings (SSSR count). The Morgan fingerprint density at radius 1 is 1.33 bits per heavy atom. The summed E-state index contributed by atoms with van der Waals surface area (Å²) < 4.78 is 13.0. The molecule has 1 fully saturated rings. The van der Waals surface area contributed by atoms with Crippen molar-refractivity contribution >= 4 is 5.69 Å². The summed E-state index contributed by atoms with van der Waals surface area (Å²) in [5.74, 6) is -0.192. The van der Waals surface area contributed by atoms with Crippen LogP contribution in [0.25, 0.3) is 0 Å². The number of rotatable bonds is 2. The fourth-order valence-electron chi connectivity index (χ4n) is 2.71. The zero-order valence-corrected chi connectivity index (χ0v) is 11.1. The minimum Gasteiger partial charge on any atom is -0.363 e. The molecular weight excluding hydrogens is 229 g/mol. The van der Waals surface area contributed by atoms with E-state index in [1.165, 1.54) is 12.1 Å². The van der Waals surface area contributed by atoms with Gasteiger partial charge in [-0.1, -0.05) is 0 Å². The highest BCUT2D eigenvalue weighted by molar-refractivity contribution is 5.48. The van der Waals surface area contributed by atoms with Gasteiger partial charge < -0.3 is 15.5 Å². The van der Waals surface area contributed by atoms with Gasteiger partial charge in [0.2, 0.25) is 0 Å². The van der Waals surface area contributed by atoms with Gasteiger partial charge in [-0.3, -0.25) is 0 Å². The molecule has 0 bridgehead atoms. The molecule has 4 heteroatoms. The normalized spacial score (nSPS) is 26.1. The number of halogens is 1. The van der Waals surface area contributed by atoms with E-state index >= 15 is 0 Å². The molecule has 1 aromatic carbocycles. The van der Waals surface area contributed by atoms with Crippen LogP contribution in [-0.4, -0.2) is 43.7 Å². The van der Waals surface area contributed by atoms with Gasteiger partial charge in [-0.15, -0.1) is 0 Å². The van der Waals surface area contributed by atoms with Crippen LogP contribution in [0.3, 0.4) is 0 Å². The average molecular weight is 251 g/mol. The number of nitrogens with two attached hydrogens (primary N) is 1. The minimum absolute atomic E-state index is 0.192. The van der Waals surface area contributed by atoms with Crippen molar-refractivity contribution in [1.82, 2.24) is 4.90 Å². The smallest absolute Gasteiger partial charge is 0.123 e. The first-order valence-corrected chi connectivity index (χ1v) is 6.54. The second-order valence-corrected chi connectivity index (χ2v) is 5.17. The van der Waals surface area contributed by atoms with E-state index in [0.29, 0.717) is 12.6 Å². The van der Waals surface area contributed by atoms with Gasteiger partial charge in [-0.05, 0) is 51.2 Å². The monoisotopic (exact) mass is 251 g/mol. The van der Waals surface area contributed by atoms with E-state index in [0.717, 1.165) is 25.2 Å². The fourth-order valence-corrected chi connectivity index (χ4v) is 2.71. The van der Waals surface area contributed by atoms with Crippen LogP contribution in [0.1, 0.15) is 13.3 Å². The Kier molecular flexibility index (Phi) is 4.19. The lowest BCUT2D eigenvalue weighted by Crippen LogP contribution is -2.48. The molecule has 0 spiro atoms. The highest BCUT2D eigenvalue weighted by Gasteiger charge is 2.27. The second-order valence-electron chi connectivity index (χ2n) is 5.17. The van der Waals surface area contributed by atoms with Crippen molar-refractivity contribution in [1.29, 1.82) is 0 Å². The van der Waals surface area contributed by atoms with Crippen LogP contribution < -0.4 is 10.6 Å². The number of benzene rings is 1. The molecule has 3 nitrogen and oxygen atoms in total. The number of hydrogen-bond acceptors (Lipinski definition) is 3. The van der Waals surface area contributed by atoms with Gasteiger partial charge >= 0.3 is 0 Å². The van der Waals surface area contributed by atoms with E-state index in [4.69, 9.17) is 5.73 Å². The van der Waals surface area contributed by atoms with Crippen LogP contribution in [0.5, 0.6) is 0 Å². The van der Waals surface area contributed by atoms with Crippen LogP contribution >= 0.6 is 0 Å². The molecule has 1 aliphatic heterocycles. The molecule has 0 radical (unpaired) electrons. The molecule has 2 N–H and O–H groups in total. The van der Waals surface area contributed by atoms with E-state index in [1.54, 1.807) is 0 Å². The van der Waals surface area contributed by atoms with Gasteiger partial charge in [0.15, 0.2) is 0 Å². The number of hydrogen-bond donors (Lipinski definition) is 1. The highest BCUT2D eigenvalue weighted by atomic mass is 19.1. The van der Waals surface area contributed by atoms with E-state index in [1.807, 2.05) is 12.1 Å². The van der Waals surface area contributed by atoms with Gasteiger partial charge in [-0.2, -0.15) is 0 Å². The molecule has 0 aromatic heterocycles. The number of anilines is 1. The summed E-state index contributed by atoms with van der Waals surface area (Å²) >= 11 is 0. The van der Waals surface area contributed by atoms with Crippen molar-refractivity contribution in [2.45, 2.75) is 25.4 Å². The molecular formula is C14H22FN3. The summed E-state index contributed by atoms with van der Waals surface area (Å²) in [5.41, 5.74) is 6.98. The quantitative estimate of drug-likeness (QED) is 0.868. The predicted molar refractivity (Wildman–Crippen MR) is 73.3 cm³/mol. The van der Waals surface area contributed by atoms with Crippen molar-refractivity contribution in [3.8, 4) is 0 Å². The van der Waals surface area contributed by atoms with Crippen LogP contribution in [0.4, 0.5) is 10.1 Å². The Morgan fingerprint density at radius 3 is 2.61 bits per heavy atom. The summed E-state index contributed by atoms with van der Waals surface area (Å²) in [5, 5.41) is 0. The molecule has 2 unspecified atom stereocenters. The molecule has 1 aliphatic rings. The van der Waals surface area contributed by atoms with Gasteiger partial charge in [0, 0.05) is 24.8 Å². The molecule has 18 heavy (non-hydrogen) atoms. The molecule has 1 aromatic rings. The van der Waals surface area contributed by atoms with Gasteiger partial charge in [0.05, 0.1) is 6.04 Å². The van der Waals surface area contributed by atoms with E-state index in [-0.39, 0.29) is 11.9 Å². The van der Waals surface area contributed by atoms with Crippen LogP contribution in [0, 0.1) is 5.82 Å². The molecule has 0 saturated carbocycles. The largest absolute Gasteiger partial charge is 0.363 e. The summed E-state index contributed by atoms with van der Waals surface area (Å²) in [6.07, 6.45) is 1.10. The first-order valence-electron chi connectivity index (χ1n) is 6.54. The minimum atomic E-state index is -0.192. The summed E-state index contributed by atoms with van der Waals surface area (Å²) in [6.45, 7) is 4.87. The second kappa shape index (κ2) is 5.67. The Bertz CT molecular complexity index is 379. The lowest BCUT2D eigenvalue weighted by Gasteiger charge is -2.36. The van der Waals surface area contributed by atoms with Crippen LogP contribution in [0.15, 0.2) is 24.3 Å². The van der Waals surface area contributed by atoms with Crippen molar-refractivity contribution in [3.05, 3.63) is 30.1 Å². The summed E-state index contributed by atoms with van der Waals surface area (Å²) in [4.78, 5) is 4.65. The molecule has 100 valence electrons. The Hall–Kier alpha value is -1.13. The fraction of sp³-hybridized carbons (Fsp3) is 0.571. The average Bonchev–Trinajstić information content (AvgIpc) is 2.50. The first kappa shape index (κ1) is 13.3. The van der Waals surface area contributed by atoms with E-state index in [9.17, 15) is 4.39 Å². The highest BCUT2D eigenvalue weighted by Crippen LogP contribution is 2.24. The van der Waals surface area contributed by atoms with E-state index < -0.39 is 0 Å². The Morgan fingerprint density at radius 2 is 2.00 bits per heavy atom. The molecule has 0 aliphatic carbocycles. The third-order valence-electron chi connectivity index (χ3n) is 3.72. The van der Waals surface area contributed by atoms with Crippen LogP contribution in [0.2, 0.25) is 0 Å². The molecule has 2 atom stereocenters.